The van der Waals surface area contributed by atoms with E-state index in [1.165, 1.54) is 11.6 Å². The number of rotatable bonds is 3. The Morgan fingerprint density at radius 3 is 2.72 bits per heavy atom. The molecule has 0 aliphatic carbocycles. The van der Waals surface area contributed by atoms with Crippen LogP contribution >= 0.6 is 11.6 Å². The van der Waals surface area contributed by atoms with E-state index >= 15 is 0 Å². The third kappa shape index (κ3) is 1.95. The highest BCUT2D eigenvalue weighted by molar-refractivity contribution is 6.33. The number of alkyl halides is 1. The Kier molecular flexibility index (Phi) is 3.04. The van der Waals surface area contributed by atoms with Crippen LogP contribution in [0.5, 0.6) is 0 Å². The van der Waals surface area contributed by atoms with Crippen LogP contribution in [0.2, 0.25) is 0 Å². The number of aryl methyl sites for hydroxylation is 1. The van der Waals surface area contributed by atoms with Gasteiger partial charge in [-0.25, -0.2) is 0 Å². The van der Waals surface area contributed by atoms with E-state index < -0.39 is 10.8 Å². The molecule has 0 radical (unpaired) electrons. The molecule has 2 N–H and O–H groups in total. The minimum absolute atomic E-state index is 0.200. The largest absolute Gasteiger partial charge is 0.368 e. The summed E-state index contributed by atoms with van der Waals surface area (Å²) in [6.45, 7) is 3.38. The summed E-state index contributed by atoms with van der Waals surface area (Å²) in [5.41, 5.74) is 6.98. The molecule has 7 heteroatoms. The van der Waals surface area contributed by atoms with Gasteiger partial charge in [0.1, 0.15) is 0 Å². The Morgan fingerprint density at radius 2 is 2.11 bits per heavy atom. The molecule has 6 nitrogen and oxygen atoms in total. The van der Waals surface area contributed by atoms with Crippen LogP contribution in [0.1, 0.15) is 18.3 Å². The maximum atomic E-state index is 11.4. The maximum absolute atomic E-state index is 11.4. The lowest BCUT2D eigenvalue weighted by Gasteiger charge is -2.17. The number of para-hydroxylation sites is 1. The van der Waals surface area contributed by atoms with Gasteiger partial charge < -0.3 is 5.73 Å². The number of primary amides is 1. The fourth-order valence-electron chi connectivity index (χ4n) is 1.55. The predicted octanol–water partition coefficient (Wildman–Crippen LogP) is 0.910. The Labute approximate surface area is 109 Å². The molecule has 0 aliphatic heterocycles. The van der Waals surface area contributed by atoms with Crippen LogP contribution in [0.4, 0.5) is 0 Å². The number of nitrogens with zero attached hydrogens (tertiary/aromatic N) is 4. The summed E-state index contributed by atoms with van der Waals surface area (Å²) in [5, 5.41) is 11.2. The fourth-order valence-corrected chi connectivity index (χ4v) is 1.67. The Balaban J connectivity index is 2.60. The number of amides is 1. The van der Waals surface area contributed by atoms with Crippen molar-refractivity contribution in [1.82, 2.24) is 20.2 Å². The second-order valence-corrected chi connectivity index (χ2v) is 4.82. The maximum Gasteiger partial charge on any atom is 0.246 e. The molecule has 1 unspecified atom stereocenters. The zero-order valence-corrected chi connectivity index (χ0v) is 10.7. The van der Waals surface area contributed by atoms with Gasteiger partial charge in [-0.2, -0.15) is 4.68 Å². The molecule has 1 aromatic heterocycles. The molecule has 1 aromatic carbocycles. The van der Waals surface area contributed by atoms with E-state index in [1.54, 1.807) is 0 Å². The smallest absolute Gasteiger partial charge is 0.246 e. The summed E-state index contributed by atoms with van der Waals surface area (Å²) in [6, 6.07) is 7.50. The molecule has 2 rings (SSSR count). The topological polar surface area (TPSA) is 86.7 Å². The number of carbonyl (C=O) groups is 1. The van der Waals surface area contributed by atoms with Crippen molar-refractivity contribution >= 4 is 17.5 Å². The highest BCUT2D eigenvalue weighted by Crippen LogP contribution is 2.28. The zero-order valence-electron chi connectivity index (χ0n) is 9.96. The minimum atomic E-state index is -1.45. The number of halogens is 1. The SMILES string of the molecule is Cc1ccccc1-n1nnnc1C(C)(Cl)C(N)=O. The third-order valence-electron chi connectivity index (χ3n) is 2.70. The van der Waals surface area contributed by atoms with Gasteiger partial charge in [-0.15, -0.1) is 16.7 Å². The number of hydrogen-bond acceptors (Lipinski definition) is 4. The summed E-state index contributed by atoms with van der Waals surface area (Å²) >= 11 is 6.11. The molecule has 18 heavy (non-hydrogen) atoms. The van der Waals surface area contributed by atoms with Crippen LogP contribution in [0.25, 0.3) is 5.69 Å². The minimum Gasteiger partial charge on any atom is -0.368 e. The lowest BCUT2D eigenvalue weighted by molar-refractivity contribution is -0.120. The van der Waals surface area contributed by atoms with E-state index in [9.17, 15) is 4.79 Å². The van der Waals surface area contributed by atoms with E-state index in [0.717, 1.165) is 11.3 Å². The standard InChI is InChI=1S/C11H12ClN5O/c1-7-5-3-4-6-8(7)17-10(14-15-16-17)11(2,12)9(13)18/h3-6H,1-2H3,(H2,13,18). The summed E-state index contributed by atoms with van der Waals surface area (Å²) in [7, 11) is 0. The van der Waals surface area contributed by atoms with E-state index in [0.29, 0.717) is 0 Å². The quantitative estimate of drug-likeness (QED) is 0.836. The zero-order chi connectivity index (χ0) is 13.3. The van der Waals surface area contributed by atoms with Gasteiger partial charge in [0.2, 0.25) is 5.91 Å². The van der Waals surface area contributed by atoms with E-state index in [2.05, 4.69) is 15.5 Å². The molecule has 94 valence electrons. The normalized spacial score (nSPS) is 14.2. The van der Waals surface area contributed by atoms with E-state index in [4.69, 9.17) is 17.3 Å². The molecule has 1 heterocycles. The van der Waals surface area contributed by atoms with Crippen molar-refractivity contribution in [3.05, 3.63) is 35.7 Å². The van der Waals surface area contributed by atoms with Crippen LogP contribution in [0.15, 0.2) is 24.3 Å². The molecule has 1 amide bonds. The van der Waals surface area contributed by atoms with E-state index in [-0.39, 0.29) is 5.82 Å². The average Bonchev–Trinajstić information content (AvgIpc) is 2.78. The van der Waals surface area contributed by atoms with Gasteiger partial charge in [0.15, 0.2) is 10.7 Å². The van der Waals surface area contributed by atoms with Crippen LogP contribution < -0.4 is 5.73 Å². The van der Waals surface area contributed by atoms with Crippen LogP contribution in [-0.4, -0.2) is 26.1 Å². The van der Waals surface area contributed by atoms with Crippen molar-refractivity contribution in [3.8, 4) is 5.69 Å². The number of nitrogens with two attached hydrogens (primary N) is 1. The molecule has 0 saturated carbocycles. The summed E-state index contributed by atoms with van der Waals surface area (Å²) < 4.78 is 1.42. The molecule has 0 fully saturated rings. The number of carbonyl (C=O) groups excluding carboxylic acids is 1. The van der Waals surface area contributed by atoms with Gasteiger partial charge in [0.05, 0.1) is 5.69 Å². The Morgan fingerprint density at radius 1 is 1.44 bits per heavy atom. The van der Waals surface area contributed by atoms with Crippen molar-refractivity contribution in [2.24, 2.45) is 5.73 Å². The van der Waals surface area contributed by atoms with Crippen molar-refractivity contribution in [3.63, 3.8) is 0 Å². The van der Waals surface area contributed by atoms with Gasteiger partial charge in [-0.1, -0.05) is 18.2 Å². The molecule has 0 aliphatic rings. The first kappa shape index (κ1) is 12.5. The predicted molar refractivity (Wildman–Crippen MR) is 66.3 cm³/mol. The monoisotopic (exact) mass is 265 g/mol. The van der Waals surface area contributed by atoms with Crippen molar-refractivity contribution in [1.29, 1.82) is 0 Å². The van der Waals surface area contributed by atoms with Gasteiger partial charge in [0.25, 0.3) is 0 Å². The fraction of sp³-hybridized carbons (Fsp3) is 0.273. The summed E-state index contributed by atoms with van der Waals surface area (Å²) in [5.74, 6) is -0.500. The van der Waals surface area contributed by atoms with E-state index in [1.807, 2.05) is 31.2 Å². The van der Waals surface area contributed by atoms with Gasteiger partial charge in [-0.05, 0) is 35.9 Å². The Hall–Kier alpha value is -1.95. The lowest BCUT2D eigenvalue weighted by atomic mass is 10.1. The molecular weight excluding hydrogens is 254 g/mol. The third-order valence-corrected chi connectivity index (χ3v) is 3.05. The summed E-state index contributed by atoms with van der Waals surface area (Å²) in [6.07, 6.45) is 0. The first-order chi connectivity index (χ1) is 8.44. The van der Waals surface area contributed by atoms with Crippen LogP contribution in [0, 0.1) is 6.92 Å². The Bertz CT molecular complexity index is 593. The lowest BCUT2D eigenvalue weighted by Crippen LogP contribution is -2.36. The molecule has 2 aromatic rings. The second-order valence-electron chi connectivity index (χ2n) is 4.07. The number of aromatic nitrogens is 4. The number of hydrogen-bond donors (Lipinski definition) is 1. The molecule has 0 spiro atoms. The second kappa shape index (κ2) is 4.38. The first-order valence-corrected chi connectivity index (χ1v) is 5.66. The van der Waals surface area contributed by atoms with Gasteiger partial charge in [0, 0.05) is 0 Å². The molecule has 0 saturated heterocycles. The van der Waals surface area contributed by atoms with Crippen LogP contribution in [0.3, 0.4) is 0 Å². The number of benzene rings is 1. The summed E-state index contributed by atoms with van der Waals surface area (Å²) in [4.78, 5) is 9.92. The van der Waals surface area contributed by atoms with Crippen molar-refractivity contribution in [2.45, 2.75) is 18.7 Å². The van der Waals surface area contributed by atoms with Gasteiger partial charge >= 0.3 is 0 Å². The van der Waals surface area contributed by atoms with Crippen molar-refractivity contribution < 1.29 is 4.79 Å². The van der Waals surface area contributed by atoms with Gasteiger partial charge in [-0.3, -0.25) is 4.79 Å². The number of tetrazole rings is 1. The highest BCUT2D eigenvalue weighted by atomic mass is 35.5. The van der Waals surface area contributed by atoms with Crippen LogP contribution in [-0.2, 0) is 9.67 Å². The first-order valence-electron chi connectivity index (χ1n) is 5.28. The molecular formula is C11H12ClN5O. The molecule has 1 atom stereocenters. The highest BCUT2D eigenvalue weighted by Gasteiger charge is 2.37. The van der Waals surface area contributed by atoms with Crippen molar-refractivity contribution in [2.75, 3.05) is 0 Å². The molecule has 0 bridgehead atoms. The average molecular weight is 266 g/mol.